The van der Waals surface area contributed by atoms with Crippen molar-refractivity contribution in [1.82, 2.24) is 5.32 Å². The van der Waals surface area contributed by atoms with Crippen LogP contribution in [0.3, 0.4) is 0 Å². The van der Waals surface area contributed by atoms with E-state index in [1.54, 1.807) is 12.1 Å². The van der Waals surface area contributed by atoms with Gasteiger partial charge in [0.25, 0.3) is 5.69 Å². The van der Waals surface area contributed by atoms with Crippen molar-refractivity contribution in [2.45, 2.75) is 13.3 Å². The topological polar surface area (TPSA) is 55.2 Å². The molecule has 0 radical (unpaired) electrons. The molecule has 0 atom stereocenters. The number of aryl methyl sites for hydroxylation is 1. The van der Waals surface area contributed by atoms with Gasteiger partial charge in [-0.1, -0.05) is 12.1 Å². The van der Waals surface area contributed by atoms with Crippen molar-refractivity contribution in [3.63, 3.8) is 0 Å². The van der Waals surface area contributed by atoms with Crippen molar-refractivity contribution < 1.29 is 4.92 Å². The largest absolute Gasteiger partial charge is 0.313 e. The van der Waals surface area contributed by atoms with E-state index in [4.69, 9.17) is 0 Å². The lowest BCUT2D eigenvalue weighted by Crippen LogP contribution is -2.20. The van der Waals surface area contributed by atoms with Crippen molar-refractivity contribution in [3.05, 3.63) is 45.5 Å². The van der Waals surface area contributed by atoms with Crippen molar-refractivity contribution >= 4 is 11.3 Å². The average molecular weight is 218 g/mol. The highest BCUT2D eigenvalue weighted by atomic mass is 16.6. The second kappa shape index (κ2) is 4.45. The third kappa shape index (κ3) is 2.28. The molecule has 0 amide bonds. The standard InChI is InChI=1S/C12H14N2O2/c1-9-6-11(8-12(7-9)14(15)16)10-2-4-13-5-3-10/h2,6-8,13H,3-5H2,1H3. The summed E-state index contributed by atoms with van der Waals surface area (Å²) < 4.78 is 0. The van der Waals surface area contributed by atoms with Crippen molar-refractivity contribution in [1.29, 1.82) is 0 Å². The number of hydrogen-bond acceptors (Lipinski definition) is 3. The molecular weight excluding hydrogens is 204 g/mol. The highest BCUT2D eigenvalue weighted by Crippen LogP contribution is 2.25. The van der Waals surface area contributed by atoms with Crippen LogP contribution in [0.15, 0.2) is 24.3 Å². The molecule has 0 aromatic heterocycles. The Morgan fingerprint density at radius 1 is 1.38 bits per heavy atom. The van der Waals surface area contributed by atoms with Gasteiger partial charge in [0.2, 0.25) is 0 Å². The molecule has 0 aliphatic carbocycles. The van der Waals surface area contributed by atoms with Gasteiger partial charge in [0.05, 0.1) is 4.92 Å². The minimum absolute atomic E-state index is 0.175. The molecule has 1 aromatic rings. The lowest BCUT2D eigenvalue weighted by molar-refractivity contribution is -0.384. The maximum Gasteiger partial charge on any atom is 0.270 e. The van der Waals surface area contributed by atoms with Crippen LogP contribution >= 0.6 is 0 Å². The molecule has 0 spiro atoms. The number of hydrogen-bond donors (Lipinski definition) is 1. The highest BCUT2D eigenvalue weighted by Gasteiger charge is 2.12. The zero-order chi connectivity index (χ0) is 11.5. The Kier molecular flexibility index (Phi) is 3.01. The quantitative estimate of drug-likeness (QED) is 0.612. The summed E-state index contributed by atoms with van der Waals surface area (Å²) in [6.45, 7) is 3.67. The first-order valence-corrected chi connectivity index (χ1v) is 5.33. The van der Waals surface area contributed by atoms with E-state index >= 15 is 0 Å². The predicted molar refractivity (Wildman–Crippen MR) is 63.3 cm³/mol. The Morgan fingerprint density at radius 2 is 2.19 bits per heavy atom. The lowest BCUT2D eigenvalue weighted by atomic mass is 9.98. The van der Waals surface area contributed by atoms with Gasteiger partial charge in [0.1, 0.15) is 0 Å². The molecular formula is C12H14N2O2. The number of nitrogens with one attached hydrogen (secondary N) is 1. The molecule has 0 fully saturated rings. The molecule has 0 bridgehead atoms. The summed E-state index contributed by atoms with van der Waals surface area (Å²) in [4.78, 5) is 10.4. The minimum atomic E-state index is -0.335. The van der Waals surface area contributed by atoms with Crippen LogP contribution in [0.4, 0.5) is 5.69 Å². The number of nitrogens with zero attached hydrogens (tertiary/aromatic N) is 1. The molecule has 2 rings (SSSR count). The molecule has 16 heavy (non-hydrogen) atoms. The molecule has 4 nitrogen and oxygen atoms in total. The van der Waals surface area contributed by atoms with E-state index in [0.29, 0.717) is 0 Å². The van der Waals surface area contributed by atoms with Gasteiger partial charge in [0, 0.05) is 18.7 Å². The number of nitro benzene ring substituents is 1. The van der Waals surface area contributed by atoms with Crippen LogP contribution in [-0.2, 0) is 0 Å². The van der Waals surface area contributed by atoms with Crippen LogP contribution in [0, 0.1) is 17.0 Å². The van der Waals surface area contributed by atoms with Crippen LogP contribution in [0.25, 0.3) is 5.57 Å². The van der Waals surface area contributed by atoms with E-state index < -0.39 is 0 Å². The summed E-state index contributed by atoms with van der Waals surface area (Å²) in [5.74, 6) is 0. The average Bonchev–Trinajstić information content (AvgIpc) is 2.29. The van der Waals surface area contributed by atoms with Crippen LogP contribution in [0.5, 0.6) is 0 Å². The predicted octanol–water partition coefficient (Wildman–Crippen LogP) is 2.28. The fraction of sp³-hybridized carbons (Fsp3) is 0.333. The summed E-state index contributed by atoms with van der Waals surface area (Å²) in [7, 11) is 0. The molecule has 1 aliphatic heterocycles. The molecule has 0 unspecified atom stereocenters. The normalized spacial score (nSPS) is 15.7. The van der Waals surface area contributed by atoms with Crippen LogP contribution < -0.4 is 5.32 Å². The minimum Gasteiger partial charge on any atom is -0.313 e. The zero-order valence-corrected chi connectivity index (χ0v) is 9.19. The van der Waals surface area contributed by atoms with Crippen LogP contribution in [0.2, 0.25) is 0 Å². The van der Waals surface area contributed by atoms with Gasteiger partial charge in [-0.25, -0.2) is 0 Å². The molecule has 1 aromatic carbocycles. The van der Waals surface area contributed by atoms with Crippen LogP contribution in [-0.4, -0.2) is 18.0 Å². The first-order chi connectivity index (χ1) is 7.66. The number of rotatable bonds is 2. The van der Waals surface area contributed by atoms with Crippen molar-refractivity contribution in [3.8, 4) is 0 Å². The van der Waals surface area contributed by atoms with E-state index in [0.717, 1.165) is 30.6 Å². The van der Waals surface area contributed by atoms with E-state index in [9.17, 15) is 10.1 Å². The smallest absolute Gasteiger partial charge is 0.270 e. The summed E-state index contributed by atoms with van der Waals surface area (Å²) >= 11 is 0. The van der Waals surface area contributed by atoms with Crippen LogP contribution in [0.1, 0.15) is 17.5 Å². The monoisotopic (exact) mass is 218 g/mol. The molecule has 0 saturated carbocycles. The summed E-state index contributed by atoms with van der Waals surface area (Å²) in [5, 5.41) is 14.0. The van der Waals surface area contributed by atoms with E-state index in [1.807, 2.05) is 13.0 Å². The van der Waals surface area contributed by atoms with Gasteiger partial charge < -0.3 is 5.32 Å². The van der Waals surface area contributed by atoms with E-state index in [1.165, 1.54) is 5.57 Å². The lowest BCUT2D eigenvalue weighted by Gasteiger charge is -2.14. The molecule has 1 heterocycles. The Morgan fingerprint density at radius 3 is 2.81 bits per heavy atom. The van der Waals surface area contributed by atoms with Crippen molar-refractivity contribution in [2.75, 3.05) is 13.1 Å². The summed E-state index contributed by atoms with van der Waals surface area (Å²) in [5.41, 5.74) is 3.29. The van der Waals surface area contributed by atoms with E-state index in [-0.39, 0.29) is 10.6 Å². The Labute approximate surface area is 94.1 Å². The maximum atomic E-state index is 10.8. The van der Waals surface area contributed by atoms with Gasteiger partial charge in [-0.3, -0.25) is 10.1 Å². The molecule has 0 saturated heterocycles. The zero-order valence-electron chi connectivity index (χ0n) is 9.19. The van der Waals surface area contributed by atoms with Gasteiger partial charge in [-0.05, 0) is 36.6 Å². The third-order valence-corrected chi connectivity index (χ3v) is 2.71. The Balaban J connectivity index is 2.40. The van der Waals surface area contributed by atoms with Crippen molar-refractivity contribution in [2.24, 2.45) is 0 Å². The van der Waals surface area contributed by atoms with Gasteiger partial charge in [0.15, 0.2) is 0 Å². The second-order valence-electron chi connectivity index (χ2n) is 4.00. The maximum absolute atomic E-state index is 10.8. The second-order valence-corrected chi connectivity index (χ2v) is 4.00. The molecule has 84 valence electrons. The SMILES string of the molecule is Cc1cc(C2=CCNCC2)cc([N+](=O)[O-])c1. The first kappa shape index (κ1) is 10.8. The molecule has 1 N–H and O–H groups in total. The fourth-order valence-electron chi connectivity index (χ4n) is 1.94. The number of nitro groups is 1. The summed E-state index contributed by atoms with van der Waals surface area (Å²) in [6, 6.07) is 5.26. The Bertz CT molecular complexity index is 452. The van der Waals surface area contributed by atoms with Gasteiger partial charge in [-0.2, -0.15) is 0 Å². The number of benzene rings is 1. The van der Waals surface area contributed by atoms with Gasteiger partial charge in [-0.15, -0.1) is 0 Å². The first-order valence-electron chi connectivity index (χ1n) is 5.33. The third-order valence-electron chi connectivity index (χ3n) is 2.71. The highest BCUT2D eigenvalue weighted by molar-refractivity contribution is 5.69. The molecule has 4 heteroatoms. The number of non-ortho nitro benzene ring substituents is 1. The van der Waals surface area contributed by atoms with E-state index in [2.05, 4.69) is 11.4 Å². The fourth-order valence-corrected chi connectivity index (χ4v) is 1.94. The molecule has 1 aliphatic rings. The van der Waals surface area contributed by atoms with Gasteiger partial charge >= 0.3 is 0 Å². The summed E-state index contributed by atoms with van der Waals surface area (Å²) in [6.07, 6.45) is 3.03. The Hall–Kier alpha value is -1.68.